The first-order chi connectivity index (χ1) is 11.3. The lowest BCUT2D eigenvalue weighted by atomic mass is 10.1. The third-order valence-corrected chi connectivity index (χ3v) is 4.20. The Balaban J connectivity index is 0.00000312. The van der Waals surface area contributed by atoms with E-state index in [2.05, 4.69) is 5.32 Å². The Morgan fingerprint density at radius 3 is 2.72 bits per heavy atom. The van der Waals surface area contributed by atoms with E-state index < -0.39 is 11.0 Å². The maximum Gasteiger partial charge on any atom is 0.272 e. The van der Waals surface area contributed by atoms with Gasteiger partial charge in [0.1, 0.15) is 6.04 Å². The van der Waals surface area contributed by atoms with Gasteiger partial charge < -0.3 is 16.0 Å². The van der Waals surface area contributed by atoms with Crippen LogP contribution in [0, 0.1) is 17.0 Å². The summed E-state index contributed by atoms with van der Waals surface area (Å²) in [4.78, 5) is 36.9. The molecule has 1 saturated heterocycles. The molecule has 25 heavy (non-hydrogen) atoms. The van der Waals surface area contributed by atoms with Crippen molar-refractivity contribution in [3.63, 3.8) is 0 Å². The van der Waals surface area contributed by atoms with Gasteiger partial charge >= 0.3 is 0 Å². The van der Waals surface area contributed by atoms with Gasteiger partial charge in [0.05, 0.1) is 4.92 Å². The maximum atomic E-state index is 12.7. The quantitative estimate of drug-likeness (QED) is 0.599. The minimum atomic E-state index is -0.526. The first kappa shape index (κ1) is 20.9. The van der Waals surface area contributed by atoms with Gasteiger partial charge in [-0.2, -0.15) is 0 Å². The van der Waals surface area contributed by atoms with Crippen LogP contribution >= 0.6 is 12.4 Å². The van der Waals surface area contributed by atoms with Crippen molar-refractivity contribution in [2.24, 2.45) is 5.73 Å². The van der Waals surface area contributed by atoms with E-state index in [0.29, 0.717) is 30.6 Å². The van der Waals surface area contributed by atoms with Crippen molar-refractivity contribution in [2.45, 2.75) is 38.8 Å². The Kier molecular flexibility index (Phi) is 7.32. The summed E-state index contributed by atoms with van der Waals surface area (Å²) in [5, 5.41) is 13.7. The predicted molar refractivity (Wildman–Crippen MR) is 95.8 cm³/mol. The van der Waals surface area contributed by atoms with Crippen LogP contribution in [0.3, 0.4) is 0 Å². The molecule has 1 heterocycles. The summed E-state index contributed by atoms with van der Waals surface area (Å²) in [7, 11) is 0. The number of nitrogens with zero attached hydrogens (tertiary/aromatic N) is 2. The lowest BCUT2D eigenvalue weighted by molar-refractivity contribution is -0.385. The molecular formula is C16H23ClN4O4. The number of aryl methyl sites for hydroxylation is 1. The Bertz CT molecular complexity index is 668. The Labute approximate surface area is 152 Å². The van der Waals surface area contributed by atoms with Crippen molar-refractivity contribution < 1.29 is 14.5 Å². The normalized spacial score (nSPS) is 17.6. The molecule has 1 aromatic carbocycles. The first-order valence-electron chi connectivity index (χ1n) is 7.91. The Morgan fingerprint density at radius 2 is 2.16 bits per heavy atom. The average molecular weight is 371 g/mol. The largest absolute Gasteiger partial charge is 0.351 e. The van der Waals surface area contributed by atoms with Crippen LogP contribution in [0.1, 0.15) is 35.7 Å². The molecule has 8 nitrogen and oxygen atoms in total. The maximum absolute atomic E-state index is 12.7. The lowest BCUT2D eigenvalue weighted by Crippen LogP contribution is -2.49. The first-order valence-corrected chi connectivity index (χ1v) is 7.91. The summed E-state index contributed by atoms with van der Waals surface area (Å²) in [5.74, 6) is -0.497. The smallest absolute Gasteiger partial charge is 0.272 e. The molecule has 0 aromatic heterocycles. The second-order valence-electron chi connectivity index (χ2n) is 6.06. The fraction of sp³-hybridized carbons (Fsp3) is 0.500. The zero-order valence-corrected chi connectivity index (χ0v) is 15.0. The molecule has 1 aliphatic rings. The van der Waals surface area contributed by atoms with Crippen molar-refractivity contribution in [2.75, 3.05) is 13.1 Å². The number of carbonyl (C=O) groups is 2. The van der Waals surface area contributed by atoms with Gasteiger partial charge in [-0.05, 0) is 38.8 Å². The van der Waals surface area contributed by atoms with E-state index in [0.717, 1.165) is 6.42 Å². The number of nitro groups is 1. The van der Waals surface area contributed by atoms with Gasteiger partial charge in [-0.15, -0.1) is 12.4 Å². The molecule has 2 amide bonds. The van der Waals surface area contributed by atoms with Gasteiger partial charge in [-0.25, -0.2) is 0 Å². The van der Waals surface area contributed by atoms with Crippen LogP contribution in [-0.2, 0) is 4.79 Å². The average Bonchev–Trinajstić information content (AvgIpc) is 3.03. The van der Waals surface area contributed by atoms with Crippen molar-refractivity contribution in [1.82, 2.24) is 10.2 Å². The van der Waals surface area contributed by atoms with Crippen LogP contribution in [0.2, 0.25) is 0 Å². The second kappa shape index (κ2) is 8.77. The summed E-state index contributed by atoms with van der Waals surface area (Å²) in [6.45, 7) is 4.21. The van der Waals surface area contributed by atoms with E-state index in [1.54, 1.807) is 13.8 Å². The number of hydrogen-bond acceptors (Lipinski definition) is 5. The molecule has 0 bridgehead atoms. The van der Waals surface area contributed by atoms with E-state index in [-0.39, 0.29) is 36.0 Å². The highest BCUT2D eigenvalue weighted by atomic mass is 35.5. The van der Waals surface area contributed by atoms with Crippen LogP contribution in [0.25, 0.3) is 0 Å². The van der Waals surface area contributed by atoms with E-state index in [9.17, 15) is 19.7 Å². The molecule has 138 valence electrons. The van der Waals surface area contributed by atoms with Crippen molar-refractivity contribution in [3.8, 4) is 0 Å². The van der Waals surface area contributed by atoms with Crippen molar-refractivity contribution in [3.05, 3.63) is 39.4 Å². The fourth-order valence-electron chi connectivity index (χ4n) is 2.84. The van der Waals surface area contributed by atoms with Crippen LogP contribution in [-0.4, -0.2) is 46.8 Å². The molecule has 0 spiro atoms. The molecular weight excluding hydrogens is 348 g/mol. The highest BCUT2D eigenvalue weighted by Crippen LogP contribution is 2.24. The standard InChI is InChI=1S/C16H22N4O4.ClH/c1-10-8-12(5-6-13(10)20(23)24)16(22)19-7-3-4-14(19)15(21)18-11(2)9-17;/h5-6,8,11,14H,3-4,7,9,17H2,1-2H3,(H,18,21);1H/t11-,14?;/m0./s1. The molecule has 1 aromatic rings. The van der Waals surface area contributed by atoms with Crippen LogP contribution < -0.4 is 11.1 Å². The Hall–Kier alpha value is -2.19. The number of amides is 2. The van der Waals surface area contributed by atoms with Crippen LogP contribution in [0.4, 0.5) is 5.69 Å². The zero-order chi connectivity index (χ0) is 17.9. The summed E-state index contributed by atoms with van der Waals surface area (Å²) in [5.41, 5.74) is 6.25. The van der Waals surface area contributed by atoms with E-state index in [4.69, 9.17) is 5.73 Å². The fourth-order valence-corrected chi connectivity index (χ4v) is 2.84. The third-order valence-electron chi connectivity index (χ3n) is 4.20. The van der Waals surface area contributed by atoms with Gasteiger partial charge in [0.25, 0.3) is 11.6 Å². The van der Waals surface area contributed by atoms with Gasteiger partial charge in [-0.1, -0.05) is 0 Å². The number of nitrogens with two attached hydrogens (primary N) is 1. The highest BCUT2D eigenvalue weighted by Gasteiger charge is 2.35. The summed E-state index contributed by atoms with van der Waals surface area (Å²) in [6, 6.07) is 3.57. The Morgan fingerprint density at radius 1 is 1.48 bits per heavy atom. The van der Waals surface area contributed by atoms with Crippen molar-refractivity contribution >= 4 is 29.9 Å². The zero-order valence-electron chi connectivity index (χ0n) is 14.2. The number of nitrogens with one attached hydrogen (secondary N) is 1. The number of benzene rings is 1. The molecule has 2 rings (SSSR count). The monoisotopic (exact) mass is 370 g/mol. The van der Waals surface area contributed by atoms with E-state index in [1.165, 1.54) is 23.1 Å². The number of nitro benzene ring substituents is 1. The number of carbonyl (C=O) groups excluding carboxylic acids is 2. The van der Waals surface area contributed by atoms with Crippen LogP contribution in [0.15, 0.2) is 18.2 Å². The lowest BCUT2D eigenvalue weighted by Gasteiger charge is -2.25. The molecule has 1 fully saturated rings. The van der Waals surface area contributed by atoms with Gasteiger partial charge in [0, 0.05) is 36.3 Å². The molecule has 2 atom stereocenters. The summed E-state index contributed by atoms with van der Waals surface area (Å²) >= 11 is 0. The highest BCUT2D eigenvalue weighted by molar-refractivity contribution is 5.98. The molecule has 1 unspecified atom stereocenters. The minimum Gasteiger partial charge on any atom is -0.351 e. The molecule has 0 saturated carbocycles. The number of likely N-dealkylation sites (tertiary alicyclic amines) is 1. The van der Waals surface area contributed by atoms with E-state index in [1.807, 2.05) is 0 Å². The van der Waals surface area contributed by atoms with E-state index >= 15 is 0 Å². The predicted octanol–water partition coefficient (Wildman–Crippen LogP) is 1.39. The molecule has 0 radical (unpaired) electrons. The van der Waals surface area contributed by atoms with Gasteiger partial charge in [0.2, 0.25) is 5.91 Å². The minimum absolute atomic E-state index is 0. The van der Waals surface area contributed by atoms with Gasteiger partial charge in [-0.3, -0.25) is 19.7 Å². The summed E-state index contributed by atoms with van der Waals surface area (Å²) < 4.78 is 0. The number of halogens is 1. The third kappa shape index (κ3) is 4.67. The van der Waals surface area contributed by atoms with Crippen molar-refractivity contribution in [1.29, 1.82) is 0 Å². The number of rotatable bonds is 5. The number of hydrogen-bond donors (Lipinski definition) is 2. The molecule has 3 N–H and O–H groups in total. The topological polar surface area (TPSA) is 119 Å². The molecule has 0 aliphatic carbocycles. The second-order valence-corrected chi connectivity index (χ2v) is 6.06. The molecule has 9 heteroatoms. The SMILES string of the molecule is Cc1cc(C(=O)N2CCCC2C(=O)N[C@@H](C)CN)ccc1[N+](=O)[O-].Cl. The van der Waals surface area contributed by atoms with Crippen LogP contribution in [0.5, 0.6) is 0 Å². The molecule has 1 aliphatic heterocycles. The summed E-state index contributed by atoms with van der Waals surface area (Å²) in [6.07, 6.45) is 1.34. The van der Waals surface area contributed by atoms with Gasteiger partial charge in [0.15, 0.2) is 0 Å².